The van der Waals surface area contributed by atoms with Gasteiger partial charge >= 0.3 is 0 Å². The number of benzene rings is 1. The Labute approximate surface area is 128 Å². The van der Waals surface area contributed by atoms with Crippen molar-refractivity contribution in [2.24, 2.45) is 5.11 Å². The average Bonchev–Trinajstić information content (AvgIpc) is 2.55. The third kappa shape index (κ3) is 3.87. The maximum absolute atomic E-state index is 13.5. The maximum atomic E-state index is 13.5. The zero-order valence-electron chi connectivity index (χ0n) is 12.5. The molecule has 1 aliphatic rings. The largest absolute Gasteiger partial charge is 0.376 e. The minimum absolute atomic E-state index is 0.402. The summed E-state index contributed by atoms with van der Waals surface area (Å²) in [5, 5.41) is 3.43. The first-order valence-electron chi connectivity index (χ1n) is 7.31. The van der Waals surface area contributed by atoms with E-state index >= 15 is 0 Å². The molecule has 0 N–H and O–H groups in total. The van der Waals surface area contributed by atoms with Crippen LogP contribution in [0.2, 0.25) is 0 Å². The zero-order valence-corrected chi connectivity index (χ0v) is 12.5. The summed E-state index contributed by atoms with van der Waals surface area (Å²) in [5.41, 5.74) is 10.2. The van der Waals surface area contributed by atoms with Crippen molar-refractivity contribution in [1.29, 1.82) is 0 Å². The highest BCUT2D eigenvalue weighted by Gasteiger charge is 2.23. The first-order chi connectivity index (χ1) is 10.7. The van der Waals surface area contributed by atoms with Crippen LogP contribution >= 0.6 is 0 Å². The van der Waals surface area contributed by atoms with Gasteiger partial charge in [0, 0.05) is 30.8 Å². The fourth-order valence-corrected chi connectivity index (χ4v) is 2.79. The summed E-state index contributed by atoms with van der Waals surface area (Å²) in [7, 11) is 1.45. The van der Waals surface area contributed by atoms with Gasteiger partial charge in [0.15, 0.2) is 0 Å². The predicted molar refractivity (Wildman–Crippen MR) is 81.4 cm³/mol. The predicted octanol–water partition coefficient (Wildman–Crippen LogP) is 3.96. The second-order valence-electron chi connectivity index (χ2n) is 5.36. The molecule has 3 atom stereocenters. The topological polar surface area (TPSA) is 61.2 Å². The molecule has 0 unspecified atom stereocenters. The van der Waals surface area contributed by atoms with Crippen molar-refractivity contribution >= 4 is 5.69 Å². The Bertz CT molecular complexity index is 519. The van der Waals surface area contributed by atoms with Crippen LogP contribution in [0.4, 0.5) is 14.5 Å². The van der Waals surface area contributed by atoms with Crippen molar-refractivity contribution < 1.29 is 13.5 Å². The second-order valence-corrected chi connectivity index (χ2v) is 5.36. The first kappa shape index (κ1) is 16.5. The van der Waals surface area contributed by atoms with Gasteiger partial charge in [-0.2, -0.15) is 0 Å². The standard InChI is InChI=1S/C15H20F2N4O/c1-22-15(14(9-16)19-20-18)11-4-6-13(7-5-11)21-8-2-3-12(17)10-21/h4-7,12,14-15H,2-3,8-10H2,1H3/t12-,14-,15-/m1/s1. The number of azide groups is 1. The van der Waals surface area contributed by atoms with Gasteiger partial charge in [-0.1, -0.05) is 17.2 Å². The molecule has 2 rings (SSSR count). The van der Waals surface area contributed by atoms with Crippen LogP contribution in [0.25, 0.3) is 10.4 Å². The van der Waals surface area contributed by atoms with Gasteiger partial charge in [0.1, 0.15) is 12.8 Å². The normalized spacial score (nSPS) is 21.0. The van der Waals surface area contributed by atoms with Gasteiger partial charge in [-0.3, -0.25) is 4.39 Å². The molecule has 1 aliphatic heterocycles. The van der Waals surface area contributed by atoms with Crippen LogP contribution in [0.3, 0.4) is 0 Å². The van der Waals surface area contributed by atoms with E-state index in [-0.39, 0.29) is 0 Å². The second kappa shape index (κ2) is 7.96. The number of hydrogen-bond acceptors (Lipinski definition) is 3. The van der Waals surface area contributed by atoms with Crippen molar-refractivity contribution in [1.82, 2.24) is 0 Å². The van der Waals surface area contributed by atoms with Crippen molar-refractivity contribution in [3.8, 4) is 0 Å². The number of piperidine rings is 1. The van der Waals surface area contributed by atoms with Crippen molar-refractivity contribution in [3.63, 3.8) is 0 Å². The molecule has 0 radical (unpaired) electrons. The molecule has 5 nitrogen and oxygen atoms in total. The summed E-state index contributed by atoms with van der Waals surface area (Å²) in [5.74, 6) is 0. The molecule has 0 bridgehead atoms. The van der Waals surface area contributed by atoms with Crippen molar-refractivity contribution in [3.05, 3.63) is 40.3 Å². The van der Waals surface area contributed by atoms with Crippen LogP contribution in [0.1, 0.15) is 24.5 Å². The van der Waals surface area contributed by atoms with Crippen LogP contribution in [0, 0.1) is 0 Å². The number of rotatable bonds is 6. The molecule has 7 heteroatoms. The molecular weight excluding hydrogens is 290 g/mol. The molecule has 0 aromatic heterocycles. The molecule has 0 spiro atoms. The van der Waals surface area contributed by atoms with E-state index < -0.39 is 25.0 Å². The monoisotopic (exact) mass is 310 g/mol. The summed E-state index contributed by atoms with van der Waals surface area (Å²) < 4.78 is 31.7. The van der Waals surface area contributed by atoms with Crippen LogP contribution < -0.4 is 4.90 Å². The molecule has 22 heavy (non-hydrogen) atoms. The summed E-state index contributed by atoms with van der Waals surface area (Å²) in [6, 6.07) is 6.45. The third-order valence-electron chi connectivity index (χ3n) is 3.91. The summed E-state index contributed by atoms with van der Waals surface area (Å²) in [6.07, 6.45) is 0.0287. The van der Waals surface area contributed by atoms with Crippen LogP contribution in [-0.2, 0) is 4.74 Å². The third-order valence-corrected chi connectivity index (χ3v) is 3.91. The van der Waals surface area contributed by atoms with Gasteiger partial charge < -0.3 is 9.64 Å². The van der Waals surface area contributed by atoms with Gasteiger partial charge in [-0.15, -0.1) is 0 Å². The van der Waals surface area contributed by atoms with E-state index in [2.05, 4.69) is 10.0 Å². The smallest absolute Gasteiger partial charge is 0.118 e. The Morgan fingerprint density at radius 3 is 2.73 bits per heavy atom. The Balaban J connectivity index is 2.14. The molecule has 1 saturated heterocycles. The first-order valence-corrected chi connectivity index (χ1v) is 7.31. The molecule has 1 heterocycles. The molecule has 0 aliphatic carbocycles. The lowest BCUT2D eigenvalue weighted by molar-refractivity contribution is 0.0722. The van der Waals surface area contributed by atoms with Gasteiger partial charge in [0.25, 0.3) is 0 Å². The Hall–Kier alpha value is -1.85. The van der Waals surface area contributed by atoms with Gasteiger partial charge in [-0.25, -0.2) is 4.39 Å². The van der Waals surface area contributed by atoms with Crippen LogP contribution in [-0.4, -0.2) is 39.1 Å². The lowest BCUT2D eigenvalue weighted by atomic mass is 10.0. The SMILES string of the molecule is CO[C@H](c1ccc(N2CCC[C@@H](F)C2)cc1)[C@@H](CF)N=[N+]=[N-]. The van der Waals surface area contributed by atoms with E-state index in [9.17, 15) is 8.78 Å². The van der Waals surface area contributed by atoms with Gasteiger partial charge in [0.2, 0.25) is 0 Å². The zero-order chi connectivity index (χ0) is 15.9. The summed E-state index contributed by atoms with van der Waals surface area (Å²) in [6.45, 7) is 0.443. The minimum atomic E-state index is -0.897. The lowest BCUT2D eigenvalue weighted by Crippen LogP contribution is -2.36. The fourth-order valence-electron chi connectivity index (χ4n) is 2.79. The molecule has 1 aromatic rings. The van der Waals surface area contributed by atoms with E-state index in [1.54, 1.807) is 12.1 Å². The summed E-state index contributed by atoms with van der Waals surface area (Å²) >= 11 is 0. The van der Waals surface area contributed by atoms with Crippen molar-refractivity contribution in [2.75, 3.05) is 31.8 Å². The summed E-state index contributed by atoms with van der Waals surface area (Å²) in [4.78, 5) is 4.66. The quantitative estimate of drug-likeness (QED) is 0.453. The highest BCUT2D eigenvalue weighted by atomic mass is 19.1. The van der Waals surface area contributed by atoms with Gasteiger partial charge in [0.05, 0.1) is 12.1 Å². The minimum Gasteiger partial charge on any atom is -0.376 e. The Morgan fingerprint density at radius 2 is 2.18 bits per heavy atom. The number of nitrogens with zero attached hydrogens (tertiary/aromatic N) is 4. The number of alkyl halides is 2. The van der Waals surface area contributed by atoms with Crippen molar-refractivity contribution in [2.45, 2.75) is 31.2 Å². The lowest BCUT2D eigenvalue weighted by Gasteiger charge is -2.31. The van der Waals surface area contributed by atoms with E-state index in [4.69, 9.17) is 10.3 Å². The molecule has 0 saturated carbocycles. The number of methoxy groups -OCH3 is 1. The van der Waals surface area contributed by atoms with Gasteiger partial charge in [-0.05, 0) is 36.1 Å². The number of hydrogen-bond donors (Lipinski definition) is 0. The van der Waals surface area contributed by atoms with E-state index in [0.717, 1.165) is 24.2 Å². The van der Waals surface area contributed by atoms with E-state index in [0.29, 0.717) is 13.0 Å². The molecule has 120 valence electrons. The number of ether oxygens (including phenoxy) is 1. The Kier molecular flexibility index (Phi) is 5.98. The molecule has 1 fully saturated rings. The highest BCUT2D eigenvalue weighted by molar-refractivity contribution is 5.48. The average molecular weight is 310 g/mol. The molecule has 1 aromatic carbocycles. The maximum Gasteiger partial charge on any atom is 0.118 e. The number of halogens is 2. The Morgan fingerprint density at radius 1 is 1.45 bits per heavy atom. The van der Waals surface area contributed by atoms with Crippen LogP contribution in [0.5, 0.6) is 0 Å². The highest BCUT2D eigenvalue weighted by Crippen LogP contribution is 2.27. The number of anilines is 1. The fraction of sp³-hybridized carbons (Fsp3) is 0.600. The van der Waals surface area contributed by atoms with Crippen LogP contribution in [0.15, 0.2) is 29.4 Å². The molecule has 0 amide bonds. The van der Waals surface area contributed by atoms with E-state index in [1.807, 2.05) is 17.0 Å². The van der Waals surface area contributed by atoms with E-state index in [1.165, 1.54) is 7.11 Å². The molecular formula is C15H20F2N4O.